The third-order valence-electron chi connectivity index (χ3n) is 5.36. The molecule has 0 radical (unpaired) electrons. The average molecular weight is 340 g/mol. The molecule has 0 heterocycles. The Morgan fingerprint density at radius 1 is 0.417 bits per heavy atom. The highest BCUT2D eigenvalue weighted by molar-refractivity contribution is 4.62. The van der Waals surface area contributed by atoms with Gasteiger partial charge in [0.15, 0.2) is 0 Å². The van der Waals surface area contributed by atoms with E-state index in [1.165, 1.54) is 128 Å². The van der Waals surface area contributed by atoms with E-state index < -0.39 is 0 Å². The highest BCUT2D eigenvalue weighted by Crippen LogP contribution is 2.14. The molecular formula is C23H49N. The van der Waals surface area contributed by atoms with Crippen LogP contribution >= 0.6 is 0 Å². The fourth-order valence-corrected chi connectivity index (χ4v) is 3.58. The molecule has 1 nitrogen and oxygen atoms in total. The fourth-order valence-electron chi connectivity index (χ4n) is 3.58. The number of hydrogen-bond acceptors (Lipinski definition) is 1. The quantitative estimate of drug-likeness (QED) is 0.222. The summed E-state index contributed by atoms with van der Waals surface area (Å²) in [6.45, 7) is 4.58. The van der Waals surface area contributed by atoms with Gasteiger partial charge < -0.3 is 5.73 Å². The second-order valence-corrected chi connectivity index (χ2v) is 7.99. The summed E-state index contributed by atoms with van der Waals surface area (Å²) in [6, 6.07) is 0.471. The third kappa shape index (κ3) is 20.0. The van der Waals surface area contributed by atoms with Gasteiger partial charge in [0.05, 0.1) is 0 Å². The summed E-state index contributed by atoms with van der Waals surface area (Å²) in [6.07, 6.45) is 28.0. The van der Waals surface area contributed by atoms with E-state index in [1.54, 1.807) is 0 Å². The first-order chi connectivity index (χ1) is 11.8. The monoisotopic (exact) mass is 339 g/mol. The van der Waals surface area contributed by atoms with Crippen molar-refractivity contribution in [1.82, 2.24) is 0 Å². The minimum absolute atomic E-state index is 0.471. The van der Waals surface area contributed by atoms with Crippen LogP contribution in [-0.4, -0.2) is 6.04 Å². The zero-order chi connectivity index (χ0) is 17.7. The lowest BCUT2D eigenvalue weighted by Gasteiger charge is -2.11. The Morgan fingerprint density at radius 3 is 0.958 bits per heavy atom. The van der Waals surface area contributed by atoms with Gasteiger partial charge in [-0.3, -0.25) is 0 Å². The summed E-state index contributed by atoms with van der Waals surface area (Å²) in [4.78, 5) is 0. The van der Waals surface area contributed by atoms with E-state index in [-0.39, 0.29) is 0 Å². The summed E-state index contributed by atoms with van der Waals surface area (Å²) < 4.78 is 0. The predicted octanol–water partition coefficient (Wildman–Crippen LogP) is 8.16. The molecule has 2 N–H and O–H groups in total. The van der Waals surface area contributed by atoms with Gasteiger partial charge in [-0.1, -0.05) is 129 Å². The maximum absolute atomic E-state index is 6.26. The molecule has 0 aromatic carbocycles. The molecule has 0 rings (SSSR count). The topological polar surface area (TPSA) is 26.0 Å². The number of rotatable bonds is 20. The summed E-state index contributed by atoms with van der Waals surface area (Å²) in [5.74, 6) is 0. The third-order valence-corrected chi connectivity index (χ3v) is 5.36. The highest BCUT2D eigenvalue weighted by atomic mass is 14.6. The van der Waals surface area contributed by atoms with Gasteiger partial charge >= 0.3 is 0 Å². The summed E-state index contributed by atoms with van der Waals surface area (Å²) in [7, 11) is 0. The molecule has 1 unspecified atom stereocenters. The summed E-state index contributed by atoms with van der Waals surface area (Å²) in [5.41, 5.74) is 6.26. The van der Waals surface area contributed by atoms with Crippen LogP contribution < -0.4 is 5.73 Å². The number of unbranched alkanes of at least 4 members (excludes halogenated alkanes) is 16. The molecule has 0 saturated heterocycles. The van der Waals surface area contributed by atoms with E-state index in [9.17, 15) is 0 Å². The minimum Gasteiger partial charge on any atom is -0.328 e. The molecule has 0 aliphatic heterocycles. The Balaban J connectivity index is 3.11. The zero-order valence-electron chi connectivity index (χ0n) is 17.3. The molecule has 0 aliphatic rings. The molecule has 0 aromatic heterocycles. The molecular weight excluding hydrogens is 290 g/mol. The molecule has 0 saturated carbocycles. The molecule has 146 valence electrons. The molecule has 0 aromatic rings. The molecule has 1 heteroatoms. The van der Waals surface area contributed by atoms with Crippen LogP contribution in [0.1, 0.15) is 142 Å². The maximum Gasteiger partial charge on any atom is 0.00388 e. The van der Waals surface area contributed by atoms with Crippen molar-refractivity contribution in [2.45, 2.75) is 148 Å². The number of nitrogens with two attached hydrogens (primary N) is 1. The van der Waals surface area contributed by atoms with Crippen molar-refractivity contribution in [3.8, 4) is 0 Å². The molecule has 0 bridgehead atoms. The van der Waals surface area contributed by atoms with Crippen LogP contribution in [0.5, 0.6) is 0 Å². The van der Waals surface area contributed by atoms with Gasteiger partial charge in [-0.25, -0.2) is 0 Å². The van der Waals surface area contributed by atoms with Crippen molar-refractivity contribution in [2.75, 3.05) is 0 Å². The lowest BCUT2D eigenvalue weighted by atomic mass is 10.0. The first-order valence-electron chi connectivity index (χ1n) is 11.6. The summed E-state index contributed by atoms with van der Waals surface area (Å²) in [5, 5.41) is 0. The lowest BCUT2D eigenvalue weighted by Crippen LogP contribution is -2.19. The molecule has 0 fully saturated rings. The van der Waals surface area contributed by atoms with Crippen LogP contribution in [-0.2, 0) is 0 Å². The van der Waals surface area contributed by atoms with Crippen molar-refractivity contribution in [3.05, 3.63) is 0 Å². The van der Waals surface area contributed by atoms with Gasteiger partial charge in [0, 0.05) is 6.04 Å². The van der Waals surface area contributed by atoms with Gasteiger partial charge in [-0.15, -0.1) is 0 Å². The van der Waals surface area contributed by atoms with Gasteiger partial charge in [0.1, 0.15) is 0 Å². The van der Waals surface area contributed by atoms with E-state index in [0.717, 1.165) is 0 Å². The van der Waals surface area contributed by atoms with E-state index >= 15 is 0 Å². The summed E-state index contributed by atoms with van der Waals surface area (Å²) >= 11 is 0. The van der Waals surface area contributed by atoms with Crippen LogP contribution in [0.2, 0.25) is 0 Å². The molecule has 0 amide bonds. The Bertz CT molecular complexity index is 214. The second-order valence-electron chi connectivity index (χ2n) is 7.99. The van der Waals surface area contributed by atoms with Crippen LogP contribution in [0.3, 0.4) is 0 Å². The van der Waals surface area contributed by atoms with Gasteiger partial charge in [-0.2, -0.15) is 0 Å². The molecule has 1 atom stereocenters. The fraction of sp³-hybridized carbons (Fsp3) is 1.00. The van der Waals surface area contributed by atoms with Crippen LogP contribution in [0.15, 0.2) is 0 Å². The first-order valence-corrected chi connectivity index (χ1v) is 11.6. The predicted molar refractivity (Wildman–Crippen MR) is 112 cm³/mol. The minimum atomic E-state index is 0.471. The Labute approximate surface area is 154 Å². The van der Waals surface area contributed by atoms with Crippen LogP contribution in [0, 0.1) is 0 Å². The van der Waals surface area contributed by atoms with Gasteiger partial charge in [0.25, 0.3) is 0 Å². The molecule has 0 aliphatic carbocycles. The zero-order valence-corrected chi connectivity index (χ0v) is 17.3. The standard InChI is InChI=1S/C23H49N/c1-3-5-7-9-11-13-14-16-18-20-22-23(24)21-19-17-15-12-10-8-6-4-2/h23H,3-22,24H2,1-2H3. The smallest absolute Gasteiger partial charge is 0.00388 e. The van der Waals surface area contributed by atoms with E-state index in [0.29, 0.717) is 6.04 Å². The van der Waals surface area contributed by atoms with Crippen molar-refractivity contribution >= 4 is 0 Å². The Hall–Kier alpha value is -0.0400. The SMILES string of the molecule is CCCCCCCCCCCCC(N)CCCCCCCCCC. The van der Waals surface area contributed by atoms with E-state index in [1.807, 2.05) is 0 Å². The van der Waals surface area contributed by atoms with E-state index in [4.69, 9.17) is 5.73 Å². The van der Waals surface area contributed by atoms with Crippen molar-refractivity contribution in [2.24, 2.45) is 5.73 Å². The molecule has 0 spiro atoms. The van der Waals surface area contributed by atoms with Crippen LogP contribution in [0.4, 0.5) is 0 Å². The van der Waals surface area contributed by atoms with Crippen molar-refractivity contribution in [3.63, 3.8) is 0 Å². The van der Waals surface area contributed by atoms with Gasteiger partial charge in [0.2, 0.25) is 0 Å². The Morgan fingerprint density at radius 2 is 0.667 bits per heavy atom. The highest BCUT2D eigenvalue weighted by Gasteiger charge is 2.02. The number of hydrogen-bond donors (Lipinski definition) is 1. The largest absolute Gasteiger partial charge is 0.328 e. The van der Waals surface area contributed by atoms with Crippen molar-refractivity contribution < 1.29 is 0 Å². The van der Waals surface area contributed by atoms with Crippen LogP contribution in [0.25, 0.3) is 0 Å². The Kier molecular flexibility index (Phi) is 21.0. The van der Waals surface area contributed by atoms with Gasteiger partial charge in [-0.05, 0) is 12.8 Å². The normalized spacial score (nSPS) is 12.6. The first kappa shape index (κ1) is 24.0. The maximum atomic E-state index is 6.26. The second kappa shape index (κ2) is 21.0. The van der Waals surface area contributed by atoms with Crippen molar-refractivity contribution in [1.29, 1.82) is 0 Å². The lowest BCUT2D eigenvalue weighted by molar-refractivity contribution is 0.479. The molecule has 24 heavy (non-hydrogen) atoms. The average Bonchev–Trinajstić information content (AvgIpc) is 2.59. The van der Waals surface area contributed by atoms with E-state index in [2.05, 4.69) is 13.8 Å².